The second-order valence-electron chi connectivity index (χ2n) is 4.58. The van der Waals surface area contributed by atoms with Gasteiger partial charge in [-0.2, -0.15) is 11.8 Å². The lowest BCUT2D eigenvalue weighted by Gasteiger charge is -2.23. The van der Waals surface area contributed by atoms with Crippen molar-refractivity contribution in [3.8, 4) is 5.75 Å². The Kier molecular flexibility index (Phi) is 5.67. The minimum atomic E-state index is 0.324. The first-order valence-corrected chi connectivity index (χ1v) is 8.00. The monoisotopic (exact) mass is 285 g/mol. The maximum absolute atomic E-state index is 6.28. The molecule has 1 unspecified atom stereocenters. The van der Waals surface area contributed by atoms with Crippen LogP contribution in [0.5, 0.6) is 5.75 Å². The molecule has 18 heavy (non-hydrogen) atoms. The van der Waals surface area contributed by atoms with Crippen LogP contribution in [0.3, 0.4) is 0 Å². The quantitative estimate of drug-likeness (QED) is 0.896. The van der Waals surface area contributed by atoms with Crippen molar-refractivity contribution in [2.45, 2.75) is 25.4 Å². The lowest BCUT2D eigenvalue weighted by molar-refractivity contribution is 0.211. The minimum absolute atomic E-state index is 0.324. The molecule has 2 nitrogen and oxygen atoms in total. The molecule has 1 heterocycles. The van der Waals surface area contributed by atoms with Crippen LogP contribution in [0, 0.1) is 0 Å². The maximum atomic E-state index is 6.28. The Balaban J connectivity index is 1.95. The van der Waals surface area contributed by atoms with Gasteiger partial charge in [-0.3, -0.25) is 0 Å². The Morgan fingerprint density at radius 3 is 3.06 bits per heavy atom. The molecule has 0 aliphatic carbocycles. The molecule has 1 aromatic rings. The Morgan fingerprint density at radius 2 is 2.39 bits per heavy atom. The first-order valence-electron chi connectivity index (χ1n) is 6.47. The summed E-state index contributed by atoms with van der Waals surface area (Å²) >= 11 is 8.24. The summed E-state index contributed by atoms with van der Waals surface area (Å²) in [5, 5.41) is 3.87. The van der Waals surface area contributed by atoms with Gasteiger partial charge >= 0.3 is 0 Å². The van der Waals surface area contributed by atoms with Crippen molar-refractivity contribution in [2.24, 2.45) is 0 Å². The van der Waals surface area contributed by atoms with Gasteiger partial charge in [0.05, 0.1) is 5.02 Å². The molecule has 1 atom stereocenters. The van der Waals surface area contributed by atoms with Crippen LogP contribution in [0.2, 0.25) is 5.02 Å². The molecule has 0 amide bonds. The number of halogens is 1. The van der Waals surface area contributed by atoms with Crippen molar-refractivity contribution < 1.29 is 4.74 Å². The Bertz CT molecular complexity index is 380. The fourth-order valence-electron chi connectivity index (χ4n) is 2.05. The highest BCUT2D eigenvalue weighted by Gasteiger charge is 2.16. The van der Waals surface area contributed by atoms with Gasteiger partial charge in [0.25, 0.3) is 0 Å². The third kappa shape index (κ3) is 4.08. The highest BCUT2D eigenvalue weighted by Crippen LogP contribution is 2.29. The van der Waals surface area contributed by atoms with Gasteiger partial charge in [-0.25, -0.2) is 0 Å². The smallest absolute Gasteiger partial charge is 0.138 e. The van der Waals surface area contributed by atoms with E-state index >= 15 is 0 Å². The summed E-state index contributed by atoms with van der Waals surface area (Å²) in [6.07, 6.45) is 3.71. The number of hydrogen-bond acceptors (Lipinski definition) is 3. The van der Waals surface area contributed by atoms with E-state index < -0.39 is 0 Å². The van der Waals surface area contributed by atoms with E-state index in [0.29, 0.717) is 6.10 Å². The molecule has 1 saturated heterocycles. The minimum Gasteiger partial charge on any atom is -0.488 e. The third-order valence-corrected chi connectivity index (χ3v) is 4.55. The van der Waals surface area contributed by atoms with Gasteiger partial charge < -0.3 is 10.1 Å². The molecule has 100 valence electrons. The van der Waals surface area contributed by atoms with E-state index in [1.807, 2.05) is 30.9 Å². The van der Waals surface area contributed by atoms with Gasteiger partial charge in [-0.05, 0) is 56.3 Å². The number of rotatable bonds is 5. The summed E-state index contributed by atoms with van der Waals surface area (Å²) in [7, 11) is 1.96. The number of nitrogens with one attached hydrogen (secondary N) is 1. The van der Waals surface area contributed by atoms with Gasteiger partial charge in [0.2, 0.25) is 0 Å². The Morgan fingerprint density at radius 1 is 1.50 bits per heavy atom. The van der Waals surface area contributed by atoms with Crippen molar-refractivity contribution in [2.75, 3.05) is 25.1 Å². The predicted octanol–water partition coefficient (Wildman–Crippen LogP) is 3.38. The highest BCUT2D eigenvalue weighted by atomic mass is 35.5. The van der Waals surface area contributed by atoms with Crippen molar-refractivity contribution in [3.05, 3.63) is 28.8 Å². The van der Waals surface area contributed by atoms with Gasteiger partial charge in [-0.1, -0.05) is 17.7 Å². The molecule has 1 aliphatic heterocycles. The summed E-state index contributed by atoms with van der Waals surface area (Å²) in [5.74, 6) is 3.17. The SMILES string of the molecule is CNCCc1ccc(OC2CCCSC2)c(Cl)c1. The van der Waals surface area contributed by atoms with E-state index in [1.165, 1.54) is 17.7 Å². The molecule has 2 rings (SSSR count). The molecule has 0 spiro atoms. The average molecular weight is 286 g/mol. The van der Waals surface area contributed by atoms with Gasteiger partial charge in [0, 0.05) is 5.75 Å². The number of benzene rings is 1. The number of likely N-dealkylation sites (N-methyl/N-ethyl adjacent to an activating group) is 1. The van der Waals surface area contributed by atoms with E-state index in [4.69, 9.17) is 16.3 Å². The summed E-state index contributed by atoms with van der Waals surface area (Å²) in [6, 6.07) is 6.13. The Labute approximate surface area is 118 Å². The number of thioether (sulfide) groups is 1. The van der Waals surface area contributed by atoms with Crippen LogP contribution in [-0.2, 0) is 6.42 Å². The largest absolute Gasteiger partial charge is 0.488 e. The topological polar surface area (TPSA) is 21.3 Å². The summed E-state index contributed by atoms with van der Waals surface area (Å²) in [4.78, 5) is 0. The van der Waals surface area contributed by atoms with Crippen molar-refractivity contribution in [1.29, 1.82) is 0 Å². The van der Waals surface area contributed by atoms with E-state index in [1.54, 1.807) is 0 Å². The average Bonchev–Trinajstić information content (AvgIpc) is 2.40. The molecule has 0 saturated carbocycles. The normalized spacial score (nSPS) is 19.8. The first kappa shape index (κ1) is 14.0. The molecule has 0 bridgehead atoms. The Hall–Kier alpha value is -0.380. The highest BCUT2D eigenvalue weighted by molar-refractivity contribution is 7.99. The molecular formula is C14H20ClNOS. The molecule has 4 heteroatoms. The van der Waals surface area contributed by atoms with Crippen molar-refractivity contribution >= 4 is 23.4 Å². The standard InChI is InChI=1S/C14H20ClNOS/c1-16-7-6-11-4-5-14(13(15)9-11)17-12-3-2-8-18-10-12/h4-5,9,12,16H,2-3,6-8,10H2,1H3. The van der Waals surface area contributed by atoms with Crippen LogP contribution in [0.4, 0.5) is 0 Å². The zero-order valence-corrected chi connectivity index (χ0v) is 12.3. The van der Waals surface area contributed by atoms with Gasteiger partial charge in [0.15, 0.2) is 0 Å². The van der Waals surface area contributed by atoms with E-state index in [-0.39, 0.29) is 0 Å². The molecule has 1 fully saturated rings. The van der Waals surface area contributed by atoms with E-state index in [0.717, 1.165) is 35.9 Å². The fourth-order valence-corrected chi connectivity index (χ4v) is 3.33. The van der Waals surface area contributed by atoms with Crippen LogP contribution < -0.4 is 10.1 Å². The molecule has 1 aliphatic rings. The first-order chi connectivity index (χ1) is 8.79. The van der Waals surface area contributed by atoms with Crippen LogP contribution in [0.25, 0.3) is 0 Å². The second-order valence-corrected chi connectivity index (χ2v) is 6.13. The second kappa shape index (κ2) is 7.27. The zero-order chi connectivity index (χ0) is 12.8. The fraction of sp³-hybridized carbons (Fsp3) is 0.571. The van der Waals surface area contributed by atoms with E-state index in [9.17, 15) is 0 Å². The lowest BCUT2D eigenvalue weighted by atomic mass is 10.1. The molecule has 1 aromatic carbocycles. The van der Waals surface area contributed by atoms with Crippen LogP contribution >= 0.6 is 23.4 Å². The number of ether oxygens (including phenoxy) is 1. The predicted molar refractivity (Wildman–Crippen MR) is 80.1 cm³/mol. The van der Waals surface area contributed by atoms with Crippen LogP contribution in [0.1, 0.15) is 18.4 Å². The summed E-state index contributed by atoms with van der Waals surface area (Å²) < 4.78 is 5.98. The molecule has 1 N–H and O–H groups in total. The maximum Gasteiger partial charge on any atom is 0.138 e. The molecular weight excluding hydrogens is 266 g/mol. The third-order valence-electron chi connectivity index (χ3n) is 3.07. The number of hydrogen-bond donors (Lipinski definition) is 1. The summed E-state index contributed by atoms with van der Waals surface area (Å²) in [5.41, 5.74) is 1.25. The molecule has 0 aromatic heterocycles. The van der Waals surface area contributed by atoms with Gasteiger partial charge in [0.1, 0.15) is 11.9 Å². The zero-order valence-electron chi connectivity index (χ0n) is 10.7. The van der Waals surface area contributed by atoms with Gasteiger partial charge in [-0.15, -0.1) is 0 Å². The van der Waals surface area contributed by atoms with Crippen LogP contribution in [-0.4, -0.2) is 31.2 Å². The van der Waals surface area contributed by atoms with Crippen LogP contribution in [0.15, 0.2) is 18.2 Å². The van der Waals surface area contributed by atoms with Crippen molar-refractivity contribution in [3.63, 3.8) is 0 Å². The van der Waals surface area contributed by atoms with Crippen molar-refractivity contribution in [1.82, 2.24) is 5.32 Å². The van der Waals surface area contributed by atoms with E-state index in [2.05, 4.69) is 11.4 Å². The summed E-state index contributed by atoms with van der Waals surface area (Å²) in [6.45, 7) is 0.968. The lowest BCUT2D eigenvalue weighted by Crippen LogP contribution is -2.23. The molecule has 0 radical (unpaired) electrons.